The van der Waals surface area contributed by atoms with Crippen molar-refractivity contribution in [2.24, 2.45) is 5.92 Å². The van der Waals surface area contributed by atoms with E-state index in [4.69, 9.17) is 0 Å². The molecular weight excluding hydrogens is 292 g/mol. The molecule has 2 aliphatic rings. The minimum atomic E-state index is -0.626. The number of aryl methyl sites for hydroxylation is 2. The maximum absolute atomic E-state index is 12.0. The number of hydrogen-bond donors (Lipinski definition) is 3. The lowest BCUT2D eigenvalue weighted by Crippen LogP contribution is -2.39. The van der Waals surface area contributed by atoms with Gasteiger partial charge in [0.25, 0.3) is 0 Å². The second-order valence-electron chi connectivity index (χ2n) is 6.69. The molecule has 2 amide bonds. The summed E-state index contributed by atoms with van der Waals surface area (Å²) in [4.78, 5) is 23.9. The molecule has 1 aromatic carbocycles. The van der Waals surface area contributed by atoms with Gasteiger partial charge in [0, 0.05) is 12.2 Å². The van der Waals surface area contributed by atoms with Gasteiger partial charge in [-0.15, -0.1) is 0 Å². The molecule has 23 heavy (non-hydrogen) atoms. The molecule has 1 fully saturated rings. The van der Waals surface area contributed by atoms with Crippen LogP contribution in [0.2, 0.25) is 0 Å². The number of benzene rings is 1. The van der Waals surface area contributed by atoms with E-state index in [-0.39, 0.29) is 12.0 Å². The molecule has 2 atom stereocenters. The van der Waals surface area contributed by atoms with Gasteiger partial charge in [-0.3, -0.25) is 9.59 Å². The molecule has 5 heteroatoms. The van der Waals surface area contributed by atoms with Crippen LogP contribution < -0.4 is 10.6 Å². The summed E-state index contributed by atoms with van der Waals surface area (Å²) >= 11 is 0. The second kappa shape index (κ2) is 7.13. The van der Waals surface area contributed by atoms with Crippen molar-refractivity contribution in [1.82, 2.24) is 5.32 Å². The van der Waals surface area contributed by atoms with E-state index in [0.29, 0.717) is 18.7 Å². The summed E-state index contributed by atoms with van der Waals surface area (Å²) in [6.45, 7) is 0.452. The molecule has 1 aromatic rings. The van der Waals surface area contributed by atoms with Gasteiger partial charge in [-0.2, -0.15) is 0 Å². The molecule has 0 heterocycles. The Morgan fingerprint density at radius 1 is 1.09 bits per heavy atom. The van der Waals surface area contributed by atoms with Crippen LogP contribution in [0.25, 0.3) is 0 Å². The Morgan fingerprint density at radius 3 is 2.74 bits per heavy atom. The Bertz CT molecular complexity index is 600. The molecule has 3 N–H and O–H groups in total. The van der Waals surface area contributed by atoms with Gasteiger partial charge in [0.05, 0.1) is 6.10 Å². The van der Waals surface area contributed by atoms with Gasteiger partial charge >= 0.3 is 11.8 Å². The Labute approximate surface area is 136 Å². The van der Waals surface area contributed by atoms with Crippen LogP contribution in [0.15, 0.2) is 18.2 Å². The summed E-state index contributed by atoms with van der Waals surface area (Å²) in [6, 6.07) is 5.84. The summed E-state index contributed by atoms with van der Waals surface area (Å²) in [6.07, 6.45) is 6.52. The van der Waals surface area contributed by atoms with Crippen molar-refractivity contribution in [2.75, 3.05) is 11.9 Å². The van der Waals surface area contributed by atoms with Crippen molar-refractivity contribution in [3.8, 4) is 0 Å². The van der Waals surface area contributed by atoms with Gasteiger partial charge < -0.3 is 15.7 Å². The van der Waals surface area contributed by atoms with Crippen LogP contribution in [0, 0.1) is 5.92 Å². The lowest BCUT2D eigenvalue weighted by Gasteiger charge is -2.25. The zero-order valence-corrected chi connectivity index (χ0v) is 13.3. The molecule has 0 aromatic heterocycles. The van der Waals surface area contributed by atoms with Crippen LogP contribution in [-0.2, 0) is 22.4 Å². The summed E-state index contributed by atoms with van der Waals surface area (Å²) in [7, 11) is 0. The van der Waals surface area contributed by atoms with Crippen molar-refractivity contribution in [1.29, 1.82) is 0 Å². The van der Waals surface area contributed by atoms with Crippen LogP contribution in [0.1, 0.15) is 43.2 Å². The fourth-order valence-electron chi connectivity index (χ4n) is 3.60. The highest BCUT2D eigenvalue weighted by atomic mass is 16.3. The highest BCUT2D eigenvalue weighted by Crippen LogP contribution is 2.25. The Hall–Kier alpha value is -1.88. The first-order valence-corrected chi connectivity index (χ1v) is 8.51. The summed E-state index contributed by atoms with van der Waals surface area (Å²) in [5.74, 6) is -0.972. The first kappa shape index (κ1) is 16.0. The van der Waals surface area contributed by atoms with Crippen LogP contribution in [0.3, 0.4) is 0 Å². The summed E-state index contributed by atoms with van der Waals surface area (Å²) in [5.41, 5.74) is 3.28. The van der Waals surface area contributed by atoms with E-state index in [9.17, 15) is 14.7 Å². The average molecular weight is 316 g/mol. The van der Waals surface area contributed by atoms with Crippen LogP contribution in [-0.4, -0.2) is 29.6 Å². The predicted molar refractivity (Wildman–Crippen MR) is 88.1 cm³/mol. The predicted octanol–water partition coefficient (Wildman–Crippen LogP) is 1.78. The minimum Gasteiger partial charge on any atom is -0.393 e. The van der Waals surface area contributed by atoms with Crippen LogP contribution in [0.5, 0.6) is 0 Å². The maximum Gasteiger partial charge on any atom is 0.313 e. The van der Waals surface area contributed by atoms with Gasteiger partial charge in [0.1, 0.15) is 0 Å². The number of carbonyl (C=O) groups excluding carboxylic acids is 2. The standard InChI is InChI=1S/C18H24N2O3/c21-16-6-1-3-12(9-16)11-19-17(22)18(23)20-15-8-7-13-4-2-5-14(13)10-15/h7-8,10,12,16,21H,1-6,9,11H2,(H,19,22)(H,20,23). The molecule has 0 spiro atoms. The molecular formula is C18H24N2O3. The Morgan fingerprint density at radius 2 is 1.91 bits per heavy atom. The average Bonchev–Trinajstić information content (AvgIpc) is 3.00. The van der Waals surface area contributed by atoms with E-state index < -0.39 is 11.8 Å². The third-order valence-electron chi connectivity index (χ3n) is 4.87. The van der Waals surface area contributed by atoms with Crippen molar-refractivity contribution < 1.29 is 14.7 Å². The van der Waals surface area contributed by atoms with Crippen molar-refractivity contribution in [3.63, 3.8) is 0 Å². The van der Waals surface area contributed by atoms with Gasteiger partial charge in [0.2, 0.25) is 0 Å². The monoisotopic (exact) mass is 316 g/mol. The first-order chi connectivity index (χ1) is 11.1. The van der Waals surface area contributed by atoms with Gasteiger partial charge in [0.15, 0.2) is 0 Å². The zero-order chi connectivity index (χ0) is 16.2. The summed E-state index contributed by atoms with van der Waals surface area (Å²) < 4.78 is 0. The van der Waals surface area contributed by atoms with E-state index >= 15 is 0 Å². The minimum absolute atomic E-state index is 0.260. The quantitative estimate of drug-likeness (QED) is 0.744. The lowest BCUT2D eigenvalue weighted by molar-refractivity contribution is -0.136. The summed E-state index contributed by atoms with van der Waals surface area (Å²) in [5, 5.41) is 15.0. The molecule has 0 saturated heterocycles. The lowest BCUT2D eigenvalue weighted by atomic mass is 9.87. The number of carbonyl (C=O) groups is 2. The molecule has 0 aliphatic heterocycles. The number of anilines is 1. The SMILES string of the molecule is O=C(NCC1CCCC(O)C1)C(=O)Nc1ccc2c(c1)CCC2. The van der Waals surface area contributed by atoms with Gasteiger partial charge in [-0.05, 0) is 67.7 Å². The molecule has 0 bridgehead atoms. The number of aliphatic hydroxyl groups is 1. The van der Waals surface area contributed by atoms with E-state index in [1.165, 1.54) is 11.1 Å². The molecule has 0 radical (unpaired) electrons. The molecule has 124 valence electrons. The van der Waals surface area contributed by atoms with Gasteiger partial charge in [-0.1, -0.05) is 12.5 Å². The van der Waals surface area contributed by atoms with E-state index in [2.05, 4.69) is 10.6 Å². The number of nitrogens with one attached hydrogen (secondary N) is 2. The highest BCUT2D eigenvalue weighted by Gasteiger charge is 2.22. The fraction of sp³-hybridized carbons (Fsp3) is 0.556. The van der Waals surface area contributed by atoms with Crippen molar-refractivity contribution >= 4 is 17.5 Å². The first-order valence-electron chi connectivity index (χ1n) is 8.51. The highest BCUT2D eigenvalue weighted by molar-refractivity contribution is 6.39. The van der Waals surface area contributed by atoms with E-state index in [1.54, 1.807) is 0 Å². The Kier molecular flexibility index (Phi) is 4.96. The maximum atomic E-state index is 12.0. The van der Waals surface area contributed by atoms with Crippen molar-refractivity contribution in [2.45, 2.75) is 51.0 Å². The second-order valence-corrected chi connectivity index (χ2v) is 6.69. The topological polar surface area (TPSA) is 78.4 Å². The number of rotatable bonds is 3. The molecule has 2 unspecified atom stereocenters. The van der Waals surface area contributed by atoms with E-state index in [1.807, 2.05) is 18.2 Å². The fourth-order valence-corrected chi connectivity index (χ4v) is 3.60. The third kappa shape index (κ3) is 4.10. The van der Waals surface area contributed by atoms with Crippen LogP contribution >= 0.6 is 0 Å². The van der Waals surface area contributed by atoms with E-state index in [0.717, 1.165) is 38.5 Å². The van der Waals surface area contributed by atoms with Crippen LogP contribution in [0.4, 0.5) is 5.69 Å². The smallest absolute Gasteiger partial charge is 0.313 e. The number of aliphatic hydroxyl groups excluding tert-OH is 1. The molecule has 1 saturated carbocycles. The number of amides is 2. The molecule has 5 nitrogen and oxygen atoms in total. The van der Waals surface area contributed by atoms with Crippen molar-refractivity contribution in [3.05, 3.63) is 29.3 Å². The number of fused-ring (bicyclic) bond motifs is 1. The largest absolute Gasteiger partial charge is 0.393 e. The van der Waals surface area contributed by atoms with Gasteiger partial charge in [-0.25, -0.2) is 0 Å². The molecule has 2 aliphatic carbocycles. The normalized spacial score (nSPS) is 23.2. The Balaban J connectivity index is 1.48. The molecule has 3 rings (SSSR count). The zero-order valence-electron chi connectivity index (χ0n) is 13.3. The third-order valence-corrected chi connectivity index (χ3v) is 4.87. The number of hydrogen-bond acceptors (Lipinski definition) is 3.